The van der Waals surface area contributed by atoms with Crippen LogP contribution < -0.4 is 0 Å². The summed E-state index contributed by atoms with van der Waals surface area (Å²) in [4.78, 5) is 16.1. The maximum absolute atomic E-state index is 12.2. The van der Waals surface area contributed by atoms with Gasteiger partial charge in [0.05, 0.1) is 16.6 Å². The number of benzene rings is 1. The molecule has 1 aromatic carbocycles. The summed E-state index contributed by atoms with van der Waals surface area (Å²) in [5.74, 6) is 0.215. The molecule has 0 N–H and O–H groups in total. The Morgan fingerprint density at radius 2 is 1.90 bits per heavy atom. The van der Waals surface area contributed by atoms with Crippen LogP contribution in [0, 0.1) is 0 Å². The first-order chi connectivity index (χ1) is 9.56. The molecule has 1 heterocycles. The maximum Gasteiger partial charge on any atom is 0.236 e. The summed E-state index contributed by atoms with van der Waals surface area (Å²) in [7, 11) is 1.95. The number of halogens is 2. The van der Waals surface area contributed by atoms with Crippen LogP contribution in [0.15, 0.2) is 18.2 Å². The number of carbonyl (C=O) groups is 1. The summed E-state index contributed by atoms with van der Waals surface area (Å²) >= 11 is 11.9. The lowest BCUT2D eigenvalue weighted by atomic mass is 10.1. The molecule has 0 atom stereocenters. The highest BCUT2D eigenvalue weighted by molar-refractivity contribution is 6.42. The zero-order valence-corrected chi connectivity index (χ0v) is 13.3. The molecule has 0 unspecified atom stereocenters. The van der Waals surface area contributed by atoms with Crippen LogP contribution >= 0.6 is 23.2 Å². The van der Waals surface area contributed by atoms with Crippen molar-refractivity contribution in [3.63, 3.8) is 0 Å². The van der Waals surface area contributed by atoms with E-state index < -0.39 is 0 Å². The molecule has 1 aliphatic rings. The average Bonchev–Trinajstić information content (AvgIpc) is 2.44. The van der Waals surface area contributed by atoms with Crippen LogP contribution in [-0.2, 0) is 11.3 Å². The van der Waals surface area contributed by atoms with Crippen molar-refractivity contribution >= 4 is 29.1 Å². The molecule has 1 aromatic rings. The molecular formula is C15H20Cl2N2O. The number of hydrogen-bond acceptors (Lipinski definition) is 2. The topological polar surface area (TPSA) is 23.6 Å². The second-order valence-electron chi connectivity index (χ2n) is 5.36. The van der Waals surface area contributed by atoms with Gasteiger partial charge in [0.1, 0.15) is 0 Å². The first-order valence-corrected chi connectivity index (χ1v) is 7.72. The van der Waals surface area contributed by atoms with Gasteiger partial charge in [-0.25, -0.2) is 0 Å². The molecule has 20 heavy (non-hydrogen) atoms. The Hall–Kier alpha value is -0.770. The van der Waals surface area contributed by atoms with E-state index in [2.05, 4.69) is 0 Å². The molecule has 3 nitrogen and oxygen atoms in total. The van der Waals surface area contributed by atoms with E-state index in [0.29, 0.717) is 23.1 Å². The third-order valence-corrected chi connectivity index (χ3v) is 4.29. The Balaban J connectivity index is 1.86. The first-order valence-electron chi connectivity index (χ1n) is 6.96. The van der Waals surface area contributed by atoms with Crippen molar-refractivity contribution in [1.29, 1.82) is 0 Å². The summed E-state index contributed by atoms with van der Waals surface area (Å²) < 4.78 is 0. The Morgan fingerprint density at radius 3 is 2.55 bits per heavy atom. The number of likely N-dealkylation sites (N-methyl/N-ethyl adjacent to an activating group) is 1. The van der Waals surface area contributed by atoms with Crippen molar-refractivity contribution in [2.24, 2.45) is 0 Å². The highest BCUT2D eigenvalue weighted by Crippen LogP contribution is 2.23. The van der Waals surface area contributed by atoms with Gasteiger partial charge in [-0.2, -0.15) is 0 Å². The Labute approximate surface area is 130 Å². The molecular weight excluding hydrogens is 295 g/mol. The van der Waals surface area contributed by atoms with E-state index in [-0.39, 0.29) is 5.91 Å². The lowest BCUT2D eigenvalue weighted by Gasteiger charge is -2.28. The fourth-order valence-corrected chi connectivity index (χ4v) is 2.80. The lowest BCUT2D eigenvalue weighted by Crippen LogP contribution is -2.41. The third-order valence-electron chi connectivity index (χ3n) is 3.55. The fraction of sp³-hybridized carbons (Fsp3) is 0.533. The number of nitrogens with zero attached hydrogens (tertiary/aromatic N) is 2. The molecule has 110 valence electrons. The van der Waals surface area contributed by atoms with Gasteiger partial charge in [0, 0.05) is 19.6 Å². The van der Waals surface area contributed by atoms with Crippen molar-refractivity contribution < 1.29 is 4.79 Å². The van der Waals surface area contributed by atoms with Crippen LogP contribution in [-0.4, -0.2) is 42.4 Å². The summed E-state index contributed by atoms with van der Waals surface area (Å²) in [6.07, 6.45) is 3.49. The number of hydrogen-bond donors (Lipinski definition) is 0. The number of carbonyl (C=O) groups excluding carboxylic acids is 1. The molecule has 1 fully saturated rings. The van der Waals surface area contributed by atoms with E-state index in [9.17, 15) is 4.79 Å². The van der Waals surface area contributed by atoms with E-state index in [1.165, 1.54) is 6.42 Å². The smallest absolute Gasteiger partial charge is 0.236 e. The Bertz CT molecular complexity index is 473. The van der Waals surface area contributed by atoms with Gasteiger partial charge in [-0.05, 0) is 44.0 Å². The van der Waals surface area contributed by atoms with Crippen LogP contribution in [0.5, 0.6) is 0 Å². The van der Waals surface area contributed by atoms with Crippen LogP contribution in [0.4, 0.5) is 0 Å². The summed E-state index contributed by atoms with van der Waals surface area (Å²) in [6.45, 7) is 2.94. The highest BCUT2D eigenvalue weighted by atomic mass is 35.5. The van der Waals surface area contributed by atoms with Gasteiger partial charge < -0.3 is 4.90 Å². The minimum atomic E-state index is 0.215. The van der Waals surface area contributed by atoms with Gasteiger partial charge in [0.25, 0.3) is 0 Å². The van der Waals surface area contributed by atoms with Crippen LogP contribution in [0.3, 0.4) is 0 Å². The predicted molar refractivity (Wildman–Crippen MR) is 83.2 cm³/mol. The normalized spacial score (nSPS) is 15.7. The van der Waals surface area contributed by atoms with Crippen LogP contribution in [0.1, 0.15) is 24.8 Å². The van der Waals surface area contributed by atoms with Crippen molar-refractivity contribution in [3.8, 4) is 0 Å². The Morgan fingerprint density at radius 1 is 1.20 bits per heavy atom. The minimum absolute atomic E-state index is 0.215. The molecule has 5 heteroatoms. The van der Waals surface area contributed by atoms with E-state index >= 15 is 0 Å². The van der Waals surface area contributed by atoms with Crippen LogP contribution in [0.25, 0.3) is 0 Å². The quantitative estimate of drug-likeness (QED) is 0.850. The van der Waals surface area contributed by atoms with Gasteiger partial charge in [0.15, 0.2) is 0 Å². The molecule has 0 bridgehead atoms. The van der Waals surface area contributed by atoms with E-state index in [0.717, 1.165) is 31.5 Å². The van der Waals surface area contributed by atoms with Crippen molar-refractivity contribution in [3.05, 3.63) is 33.8 Å². The monoisotopic (exact) mass is 314 g/mol. The number of likely N-dealkylation sites (tertiary alicyclic amines) is 1. The molecule has 0 saturated carbocycles. The summed E-state index contributed by atoms with van der Waals surface area (Å²) in [6, 6.07) is 5.58. The van der Waals surface area contributed by atoms with E-state index in [1.807, 2.05) is 29.0 Å². The van der Waals surface area contributed by atoms with Crippen molar-refractivity contribution in [2.45, 2.75) is 25.8 Å². The minimum Gasteiger partial charge on any atom is -0.342 e. The molecule has 0 aromatic heterocycles. The van der Waals surface area contributed by atoms with Gasteiger partial charge in [-0.15, -0.1) is 0 Å². The Kier molecular flexibility index (Phi) is 5.70. The molecule has 0 aliphatic carbocycles. The zero-order valence-electron chi connectivity index (χ0n) is 11.7. The third kappa shape index (κ3) is 4.37. The van der Waals surface area contributed by atoms with Crippen LogP contribution in [0.2, 0.25) is 10.0 Å². The molecule has 0 radical (unpaired) electrons. The number of rotatable bonds is 4. The number of piperidine rings is 1. The van der Waals surface area contributed by atoms with Crippen molar-refractivity contribution in [2.75, 3.05) is 26.7 Å². The summed E-state index contributed by atoms with van der Waals surface area (Å²) in [5, 5.41) is 1.11. The average molecular weight is 315 g/mol. The number of amides is 1. The molecule has 2 rings (SSSR count). The van der Waals surface area contributed by atoms with Gasteiger partial charge in [-0.3, -0.25) is 9.69 Å². The standard InChI is InChI=1S/C15H20Cl2N2O/c1-18(10-12-5-6-13(16)14(17)9-12)11-15(20)19-7-3-2-4-8-19/h5-6,9H,2-4,7-8,10-11H2,1H3. The molecule has 1 amide bonds. The predicted octanol–water partition coefficient (Wildman–Crippen LogP) is 3.44. The zero-order chi connectivity index (χ0) is 14.5. The van der Waals surface area contributed by atoms with Gasteiger partial charge >= 0.3 is 0 Å². The highest BCUT2D eigenvalue weighted by Gasteiger charge is 2.17. The maximum atomic E-state index is 12.2. The van der Waals surface area contributed by atoms with Crippen molar-refractivity contribution in [1.82, 2.24) is 9.80 Å². The molecule has 0 spiro atoms. The SMILES string of the molecule is CN(CC(=O)N1CCCCC1)Cc1ccc(Cl)c(Cl)c1. The first kappa shape index (κ1) is 15.6. The largest absolute Gasteiger partial charge is 0.342 e. The second-order valence-corrected chi connectivity index (χ2v) is 6.18. The molecule has 1 aliphatic heterocycles. The lowest BCUT2D eigenvalue weighted by molar-refractivity contribution is -0.133. The fourth-order valence-electron chi connectivity index (χ4n) is 2.48. The molecule has 1 saturated heterocycles. The van der Waals surface area contributed by atoms with E-state index in [1.54, 1.807) is 6.07 Å². The van der Waals surface area contributed by atoms with E-state index in [4.69, 9.17) is 23.2 Å². The second kappa shape index (κ2) is 7.30. The van der Waals surface area contributed by atoms with Gasteiger partial charge in [0.2, 0.25) is 5.91 Å². The summed E-state index contributed by atoms with van der Waals surface area (Å²) in [5.41, 5.74) is 1.06. The van der Waals surface area contributed by atoms with Gasteiger partial charge in [-0.1, -0.05) is 29.3 Å².